The topological polar surface area (TPSA) is 46.6 Å². The van der Waals surface area contributed by atoms with E-state index >= 15 is 0 Å². The molecule has 0 N–H and O–H groups in total. The fourth-order valence-electron chi connectivity index (χ4n) is 3.14. The van der Waals surface area contributed by atoms with Crippen LogP contribution in [0.15, 0.2) is 57.9 Å². The summed E-state index contributed by atoms with van der Waals surface area (Å²) in [6.07, 6.45) is 0.839. The van der Waals surface area contributed by atoms with Crippen molar-refractivity contribution in [2.45, 2.75) is 29.2 Å². The van der Waals surface area contributed by atoms with Crippen molar-refractivity contribution in [2.24, 2.45) is 0 Å². The van der Waals surface area contributed by atoms with E-state index in [1.54, 1.807) is 4.90 Å². The van der Waals surface area contributed by atoms with Crippen LogP contribution in [0.25, 0.3) is 0 Å². The summed E-state index contributed by atoms with van der Waals surface area (Å²) in [5.41, 5.74) is 1.71. The second-order valence-corrected chi connectivity index (χ2v) is 7.92. The molecule has 2 heterocycles. The average molecular weight is 404 g/mol. The minimum Gasteiger partial charge on any atom is -0.458 e. The third kappa shape index (κ3) is 2.36. The van der Waals surface area contributed by atoms with Gasteiger partial charge in [0.2, 0.25) is 5.91 Å². The third-order valence-corrected chi connectivity index (χ3v) is 6.54. The molecule has 2 aliphatic heterocycles. The van der Waals surface area contributed by atoms with Crippen molar-refractivity contribution in [2.75, 3.05) is 4.90 Å². The van der Waals surface area contributed by atoms with E-state index in [1.807, 2.05) is 48.5 Å². The van der Waals surface area contributed by atoms with Crippen LogP contribution in [0.3, 0.4) is 0 Å². The standard InChI is InChI=1S/C18H14BrNO3S/c19-13-6-2-1-5-12(13)11-23-17(22)18-10-9-16(21)20(18)14-7-3-4-8-15(14)24-18/h1-8H,9-11H2/t18-/m1/s1. The largest absolute Gasteiger partial charge is 0.458 e. The zero-order valence-electron chi connectivity index (χ0n) is 12.7. The molecule has 122 valence electrons. The minimum atomic E-state index is -0.956. The average Bonchev–Trinajstić information content (AvgIpc) is 3.10. The Morgan fingerprint density at radius 1 is 1.21 bits per heavy atom. The molecule has 0 aromatic heterocycles. The quantitative estimate of drug-likeness (QED) is 0.723. The van der Waals surface area contributed by atoms with Crippen molar-refractivity contribution >= 4 is 45.3 Å². The number of thioether (sulfide) groups is 1. The number of carbonyl (C=O) groups is 2. The lowest BCUT2D eigenvalue weighted by Gasteiger charge is -2.28. The first-order valence-electron chi connectivity index (χ1n) is 7.63. The van der Waals surface area contributed by atoms with Crippen molar-refractivity contribution in [1.29, 1.82) is 0 Å². The van der Waals surface area contributed by atoms with Crippen LogP contribution in [0.4, 0.5) is 5.69 Å². The Labute approximate surface area is 152 Å². The van der Waals surface area contributed by atoms with Gasteiger partial charge in [0.25, 0.3) is 0 Å². The van der Waals surface area contributed by atoms with Crippen molar-refractivity contribution in [1.82, 2.24) is 0 Å². The van der Waals surface area contributed by atoms with E-state index in [-0.39, 0.29) is 18.5 Å². The van der Waals surface area contributed by atoms with Crippen LogP contribution in [0, 0.1) is 0 Å². The number of halogens is 1. The number of hydrogen-bond donors (Lipinski definition) is 0. The fourth-order valence-corrected chi connectivity index (χ4v) is 4.96. The van der Waals surface area contributed by atoms with Crippen molar-refractivity contribution in [3.05, 3.63) is 58.6 Å². The van der Waals surface area contributed by atoms with Crippen LogP contribution in [-0.4, -0.2) is 16.7 Å². The molecule has 6 heteroatoms. The molecular weight excluding hydrogens is 390 g/mol. The van der Waals surface area contributed by atoms with E-state index in [0.717, 1.165) is 20.6 Å². The maximum atomic E-state index is 12.9. The summed E-state index contributed by atoms with van der Waals surface area (Å²) in [6, 6.07) is 15.2. The number of carbonyl (C=O) groups excluding carboxylic acids is 2. The minimum absolute atomic E-state index is 0.0229. The molecule has 24 heavy (non-hydrogen) atoms. The second kappa shape index (κ2) is 5.93. The number of hydrogen-bond acceptors (Lipinski definition) is 4. The van der Waals surface area contributed by atoms with Gasteiger partial charge in [0.05, 0.1) is 5.69 Å². The maximum absolute atomic E-state index is 12.9. The molecule has 0 aliphatic carbocycles. The van der Waals surface area contributed by atoms with Gasteiger partial charge in [-0.3, -0.25) is 9.69 Å². The van der Waals surface area contributed by atoms with Gasteiger partial charge in [0.15, 0.2) is 4.87 Å². The van der Waals surface area contributed by atoms with E-state index in [9.17, 15) is 9.59 Å². The summed E-state index contributed by atoms with van der Waals surface area (Å²) in [6.45, 7) is 0.181. The molecular formula is C18H14BrNO3S. The highest BCUT2D eigenvalue weighted by Gasteiger charge is 2.58. The molecule has 1 amide bonds. The first-order chi connectivity index (χ1) is 11.6. The highest BCUT2D eigenvalue weighted by molar-refractivity contribution is 9.10. The highest BCUT2D eigenvalue weighted by Crippen LogP contribution is 2.56. The SMILES string of the molecule is O=C1CC[C@]2(C(=O)OCc3ccccc3Br)Sc3ccccc3N12. The van der Waals surface area contributed by atoms with Gasteiger partial charge in [-0.1, -0.05) is 58.0 Å². The molecule has 1 fully saturated rings. The number of benzene rings is 2. The molecule has 2 aromatic carbocycles. The van der Waals surface area contributed by atoms with Gasteiger partial charge >= 0.3 is 5.97 Å². The van der Waals surface area contributed by atoms with Gasteiger partial charge in [-0.15, -0.1) is 0 Å². The van der Waals surface area contributed by atoms with Crippen LogP contribution in [-0.2, 0) is 20.9 Å². The van der Waals surface area contributed by atoms with E-state index in [0.29, 0.717) is 12.8 Å². The Morgan fingerprint density at radius 2 is 1.96 bits per heavy atom. The predicted molar refractivity (Wildman–Crippen MR) is 95.7 cm³/mol. The van der Waals surface area contributed by atoms with E-state index in [4.69, 9.17) is 4.74 Å². The van der Waals surface area contributed by atoms with Crippen molar-refractivity contribution < 1.29 is 14.3 Å². The lowest BCUT2D eigenvalue weighted by Crippen LogP contribution is -2.47. The lowest BCUT2D eigenvalue weighted by molar-refractivity contribution is -0.148. The van der Waals surface area contributed by atoms with E-state index in [1.165, 1.54) is 11.8 Å². The number of rotatable bonds is 3. The smallest absolute Gasteiger partial charge is 0.343 e. The number of ether oxygens (including phenoxy) is 1. The molecule has 1 atom stereocenters. The third-order valence-electron chi connectivity index (χ3n) is 4.31. The van der Waals surface area contributed by atoms with Gasteiger partial charge in [-0.05, 0) is 18.2 Å². The van der Waals surface area contributed by atoms with Crippen LogP contribution in [0.2, 0.25) is 0 Å². The number of esters is 1. The van der Waals surface area contributed by atoms with Crippen molar-refractivity contribution in [3.8, 4) is 0 Å². The molecule has 4 nitrogen and oxygen atoms in total. The summed E-state index contributed by atoms with van der Waals surface area (Å²) in [5, 5.41) is 0. The van der Waals surface area contributed by atoms with Gasteiger partial charge in [0, 0.05) is 27.8 Å². The molecule has 2 aromatic rings. The van der Waals surface area contributed by atoms with Gasteiger partial charge < -0.3 is 4.74 Å². The lowest BCUT2D eigenvalue weighted by atomic mass is 10.2. The van der Waals surface area contributed by atoms with Crippen LogP contribution >= 0.6 is 27.7 Å². The molecule has 2 aliphatic rings. The second-order valence-electron chi connectivity index (χ2n) is 5.75. The predicted octanol–water partition coefficient (Wildman–Crippen LogP) is 4.12. The Hall–Kier alpha value is -1.79. The Bertz CT molecular complexity index is 841. The molecule has 4 rings (SSSR count). The number of anilines is 1. The Kier molecular flexibility index (Phi) is 3.89. The number of amides is 1. The van der Waals surface area contributed by atoms with E-state index < -0.39 is 4.87 Å². The molecule has 0 spiro atoms. The van der Waals surface area contributed by atoms with Gasteiger partial charge in [-0.2, -0.15) is 0 Å². The summed E-state index contributed by atoms with van der Waals surface area (Å²) in [5.74, 6) is -0.379. The summed E-state index contributed by atoms with van der Waals surface area (Å²) < 4.78 is 6.49. The summed E-state index contributed by atoms with van der Waals surface area (Å²) >= 11 is 4.88. The van der Waals surface area contributed by atoms with Crippen LogP contribution in [0.1, 0.15) is 18.4 Å². The first-order valence-corrected chi connectivity index (χ1v) is 9.24. The Balaban J connectivity index is 1.60. The zero-order chi connectivity index (χ0) is 16.7. The maximum Gasteiger partial charge on any atom is 0.343 e. The number of nitrogens with zero attached hydrogens (tertiary/aromatic N) is 1. The van der Waals surface area contributed by atoms with E-state index in [2.05, 4.69) is 15.9 Å². The Morgan fingerprint density at radius 3 is 2.79 bits per heavy atom. The molecule has 0 bridgehead atoms. The first kappa shape index (κ1) is 15.7. The van der Waals surface area contributed by atoms with Crippen molar-refractivity contribution in [3.63, 3.8) is 0 Å². The highest BCUT2D eigenvalue weighted by atomic mass is 79.9. The number of para-hydroxylation sites is 1. The molecule has 1 saturated heterocycles. The molecule has 0 unspecified atom stereocenters. The number of fused-ring (bicyclic) bond motifs is 3. The van der Waals surface area contributed by atoms with Gasteiger partial charge in [0.1, 0.15) is 6.61 Å². The zero-order valence-corrected chi connectivity index (χ0v) is 15.1. The fraction of sp³-hybridized carbons (Fsp3) is 0.222. The summed E-state index contributed by atoms with van der Waals surface area (Å²) in [7, 11) is 0. The summed E-state index contributed by atoms with van der Waals surface area (Å²) in [4.78, 5) is 26.9. The monoisotopic (exact) mass is 403 g/mol. The van der Waals surface area contributed by atoms with Crippen LogP contribution in [0.5, 0.6) is 0 Å². The normalized spacial score (nSPS) is 21.5. The van der Waals surface area contributed by atoms with Crippen LogP contribution < -0.4 is 4.90 Å². The molecule has 0 radical (unpaired) electrons. The molecule has 0 saturated carbocycles. The van der Waals surface area contributed by atoms with Gasteiger partial charge in [-0.25, -0.2) is 4.79 Å².